The van der Waals surface area contributed by atoms with Crippen LogP contribution in [0.4, 0.5) is 11.5 Å². The van der Waals surface area contributed by atoms with Gasteiger partial charge in [0, 0.05) is 23.5 Å². The lowest BCUT2D eigenvalue weighted by atomic mass is 10.0. The molecule has 34 heavy (non-hydrogen) atoms. The van der Waals surface area contributed by atoms with E-state index in [1.807, 2.05) is 12.1 Å². The fourth-order valence-corrected chi connectivity index (χ4v) is 3.79. The topological polar surface area (TPSA) is 166 Å². The lowest BCUT2D eigenvalue weighted by Crippen LogP contribution is -2.30. The predicted octanol–water partition coefficient (Wildman–Crippen LogP) is 3.25. The highest BCUT2D eigenvalue weighted by molar-refractivity contribution is 5.95. The molecule has 164 valence electrons. The molecule has 4 heterocycles. The third-order valence-corrected chi connectivity index (χ3v) is 5.41. The summed E-state index contributed by atoms with van der Waals surface area (Å²) in [7, 11) is 0. The molecule has 10 heteroatoms. The lowest BCUT2D eigenvalue weighted by molar-refractivity contribution is -0.123. The number of aromatic amines is 1. The Balaban J connectivity index is 1.72. The number of benzene rings is 1. The number of nitriles is 2. The number of carbonyl (C=O) groups excluding carboxylic acids is 1. The molecule has 4 aromatic rings. The van der Waals surface area contributed by atoms with E-state index in [0.29, 0.717) is 28.6 Å². The summed E-state index contributed by atoms with van der Waals surface area (Å²) in [6, 6.07) is 12.6. The Kier molecular flexibility index (Phi) is 4.89. The molecule has 0 spiro atoms. The minimum Gasteiger partial charge on any atom is -0.481 e. The monoisotopic (exact) mass is 448 g/mol. The maximum absolute atomic E-state index is 11.4. The molecule has 4 N–H and O–H groups in total. The maximum atomic E-state index is 11.4. The minimum absolute atomic E-state index is 0.161. The quantitative estimate of drug-likeness (QED) is 0.377. The van der Waals surface area contributed by atoms with Gasteiger partial charge in [0.1, 0.15) is 35.2 Å². The number of carbonyl (C=O) groups is 1. The molecule has 1 amide bonds. The van der Waals surface area contributed by atoms with E-state index >= 15 is 0 Å². The number of nitrogens with zero attached hydrogens (tertiary/aromatic N) is 5. The van der Waals surface area contributed by atoms with Gasteiger partial charge in [-0.15, -0.1) is 0 Å². The largest absolute Gasteiger partial charge is 0.481 e. The van der Waals surface area contributed by atoms with E-state index in [1.54, 1.807) is 24.7 Å². The van der Waals surface area contributed by atoms with Crippen LogP contribution in [0, 0.1) is 22.7 Å². The molecule has 1 unspecified atom stereocenters. The Bertz CT molecular complexity index is 1450. The zero-order chi connectivity index (χ0) is 23.8. The number of rotatable bonds is 4. The second-order valence-corrected chi connectivity index (χ2v) is 7.53. The van der Waals surface area contributed by atoms with E-state index in [9.17, 15) is 15.3 Å². The number of H-pyrrole nitrogens is 1. The number of imidazole rings is 1. The van der Waals surface area contributed by atoms with E-state index in [1.165, 1.54) is 19.1 Å². The first kappa shape index (κ1) is 20.7. The summed E-state index contributed by atoms with van der Waals surface area (Å²) < 4.78 is 5.51. The number of ether oxygens (including phenoxy) is 1. The average Bonchev–Trinajstić information content (AvgIpc) is 3.23. The van der Waals surface area contributed by atoms with Crippen molar-refractivity contribution in [2.24, 2.45) is 5.73 Å². The van der Waals surface area contributed by atoms with Gasteiger partial charge in [-0.05, 0) is 37.3 Å². The van der Waals surface area contributed by atoms with Crippen molar-refractivity contribution in [1.29, 1.82) is 10.5 Å². The number of hydrogen-bond acceptors (Lipinski definition) is 8. The van der Waals surface area contributed by atoms with Crippen molar-refractivity contribution >= 4 is 17.4 Å². The first-order chi connectivity index (χ1) is 16.5. The Morgan fingerprint density at radius 3 is 2.62 bits per heavy atom. The number of nitrogens with two attached hydrogens (primary N) is 1. The molecule has 0 saturated heterocycles. The fraction of sp³-hybridized carbons (Fsp3) is 0.0833. The van der Waals surface area contributed by atoms with Gasteiger partial charge in [-0.3, -0.25) is 9.78 Å². The van der Waals surface area contributed by atoms with Crippen molar-refractivity contribution in [2.45, 2.75) is 13.0 Å². The zero-order valence-corrected chi connectivity index (χ0v) is 17.8. The minimum atomic E-state index is -0.926. The SMILES string of the molecule is CC(Oc1cc(C#N)c(-c2nc3c([nH]2)-c2ccncc2Nc2ncccc2-3)c(C#N)c1)C(N)=O. The highest BCUT2D eigenvalue weighted by Gasteiger charge is 2.26. The van der Waals surface area contributed by atoms with Crippen LogP contribution in [-0.4, -0.2) is 31.9 Å². The van der Waals surface area contributed by atoms with E-state index in [2.05, 4.69) is 32.4 Å². The van der Waals surface area contributed by atoms with E-state index in [0.717, 1.165) is 16.8 Å². The van der Waals surface area contributed by atoms with Gasteiger partial charge in [0.15, 0.2) is 6.10 Å². The van der Waals surface area contributed by atoms with Crippen molar-refractivity contribution in [3.8, 4) is 51.8 Å². The van der Waals surface area contributed by atoms with Crippen molar-refractivity contribution in [3.05, 3.63) is 60.0 Å². The van der Waals surface area contributed by atoms with Gasteiger partial charge in [-0.25, -0.2) is 9.97 Å². The van der Waals surface area contributed by atoms with Crippen LogP contribution in [0.15, 0.2) is 48.9 Å². The van der Waals surface area contributed by atoms with E-state index in [-0.39, 0.29) is 16.9 Å². The van der Waals surface area contributed by atoms with Gasteiger partial charge in [-0.1, -0.05) is 0 Å². The third-order valence-electron chi connectivity index (χ3n) is 5.41. The number of nitrogens with one attached hydrogen (secondary N) is 2. The van der Waals surface area contributed by atoms with Crippen LogP contribution in [0.3, 0.4) is 0 Å². The Morgan fingerprint density at radius 1 is 1.15 bits per heavy atom. The van der Waals surface area contributed by atoms with Crippen LogP contribution in [-0.2, 0) is 4.79 Å². The molecule has 1 aromatic carbocycles. The maximum Gasteiger partial charge on any atom is 0.258 e. The average molecular weight is 448 g/mol. The molecule has 3 aromatic heterocycles. The summed E-state index contributed by atoms with van der Waals surface area (Å²) in [6.07, 6.45) is 4.11. The van der Waals surface area contributed by atoms with Crippen molar-refractivity contribution in [3.63, 3.8) is 0 Å². The Hall–Kier alpha value is -5.22. The van der Waals surface area contributed by atoms with Crippen LogP contribution in [0.1, 0.15) is 18.1 Å². The van der Waals surface area contributed by atoms with Crippen LogP contribution in [0.5, 0.6) is 5.75 Å². The molecule has 0 saturated carbocycles. The van der Waals surface area contributed by atoms with Gasteiger partial charge >= 0.3 is 0 Å². The van der Waals surface area contributed by atoms with Crippen molar-refractivity contribution in [1.82, 2.24) is 19.9 Å². The first-order valence-electron chi connectivity index (χ1n) is 10.2. The molecule has 0 aliphatic carbocycles. The molecule has 1 aliphatic heterocycles. The van der Waals surface area contributed by atoms with Crippen molar-refractivity contribution in [2.75, 3.05) is 5.32 Å². The molecule has 1 aliphatic rings. The van der Waals surface area contributed by atoms with Gasteiger partial charge in [0.25, 0.3) is 5.91 Å². The van der Waals surface area contributed by atoms with Gasteiger partial charge < -0.3 is 20.8 Å². The summed E-state index contributed by atoms with van der Waals surface area (Å²) >= 11 is 0. The number of hydrogen-bond donors (Lipinski definition) is 3. The summed E-state index contributed by atoms with van der Waals surface area (Å²) in [5.74, 6) is 0.474. The first-order valence-corrected chi connectivity index (χ1v) is 10.2. The normalized spacial score (nSPS) is 12.0. The smallest absolute Gasteiger partial charge is 0.258 e. The molecule has 1 atom stereocenters. The van der Waals surface area contributed by atoms with Crippen LogP contribution in [0.2, 0.25) is 0 Å². The molecule has 5 rings (SSSR count). The molecule has 0 fully saturated rings. The van der Waals surface area contributed by atoms with Crippen LogP contribution < -0.4 is 15.8 Å². The van der Waals surface area contributed by atoms with Crippen LogP contribution >= 0.6 is 0 Å². The van der Waals surface area contributed by atoms with Gasteiger partial charge in [0.05, 0.1) is 34.3 Å². The summed E-state index contributed by atoms with van der Waals surface area (Å²) in [4.78, 5) is 28.1. The van der Waals surface area contributed by atoms with E-state index in [4.69, 9.17) is 15.5 Å². The molecular formula is C24H16N8O2. The van der Waals surface area contributed by atoms with Crippen LogP contribution in [0.25, 0.3) is 33.9 Å². The predicted molar refractivity (Wildman–Crippen MR) is 122 cm³/mol. The molecule has 10 nitrogen and oxygen atoms in total. The number of amides is 1. The number of pyridine rings is 2. The Morgan fingerprint density at radius 2 is 1.91 bits per heavy atom. The number of aromatic nitrogens is 4. The molecule has 0 radical (unpaired) electrons. The number of fused-ring (bicyclic) bond motifs is 5. The molecular weight excluding hydrogens is 432 g/mol. The van der Waals surface area contributed by atoms with Gasteiger partial charge in [0.2, 0.25) is 0 Å². The number of primary amides is 1. The van der Waals surface area contributed by atoms with Gasteiger partial charge in [-0.2, -0.15) is 10.5 Å². The highest BCUT2D eigenvalue weighted by Crippen LogP contribution is 2.43. The fourth-order valence-electron chi connectivity index (χ4n) is 3.79. The number of anilines is 2. The second kappa shape index (κ2) is 8.04. The summed E-state index contributed by atoms with van der Waals surface area (Å²) in [5, 5.41) is 23.0. The zero-order valence-electron chi connectivity index (χ0n) is 17.8. The third kappa shape index (κ3) is 3.36. The summed E-state index contributed by atoms with van der Waals surface area (Å²) in [5.41, 5.74) is 9.53. The standard InChI is InChI=1S/C24H16N8O2/c1-12(22(27)33)34-15-7-13(9-25)19(14(8-15)10-26)24-31-20-16-4-6-28-11-18(16)30-23-17(21(20)32-24)3-2-5-29-23/h2-8,11-12H,1H3,(H2,27,33)(H,29,30)(H,31,32). The molecule has 0 bridgehead atoms. The summed E-state index contributed by atoms with van der Waals surface area (Å²) in [6.45, 7) is 1.49. The van der Waals surface area contributed by atoms with Crippen molar-refractivity contribution < 1.29 is 9.53 Å². The second-order valence-electron chi connectivity index (χ2n) is 7.53. The van der Waals surface area contributed by atoms with E-state index < -0.39 is 12.0 Å². The Labute approximate surface area is 193 Å². The highest BCUT2D eigenvalue weighted by atomic mass is 16.5. The lowest BCUT2D eigenvalue weighted by Gasteiger charge is -2.13.